The molecule has 1 saturated heterocycles. The molecule has 0 N–H and O–H groups in total. The summed E-state index contributed by atoms with van der Waals surface area (Å²) in [6, 6.07) is 4.68. The molecule has 0 unspecified atom stereocenters. The summed E-state index contributed by atoms with van der Waals surface area (Å²) in [5.41, 5.74) is 2.32. The number of nitro benzene ring substituents is 1. The molecule has 31 heavy (non-hydrogen) atoms. The zero-order chi connectivity index (χ0) is 22.3. The van der Waals surface area contributed by atoms with Crippen LogP contribution in [-0.4, -0.2) is 51.9 Å². The second-order valence-corrected chi connectivity index (χ2v) is 8.92. The largest absolute Gasteiger partial charge is 0.362 e. The molecule has 2 aromatic heterocycles. The molecule has 1 aromatic carbocycles. The van der Waals surface area contributed by atoms with Crippen LogP contribution >= 0.6 is 22.9 Å². The highest BCUT2D eigenvalue weighted by atomic mass is 35.5. The lowest BCUT2D eigenvalue weighted by atomic mass is 10.1. The highest BCUT2D eigenvalue weighted by Crippen LogP contribution is 2.34. The highest BCUT2D eigenvalue weighted by Gasteiger charge is 2.29. The monoisotopic (exact) mass is 459 g/mol. The van der Waals surface area contributed by atoms with Crippen molar-refractivity contribution in [3.05, 3.63) is 55.3 Å². The lowest BCUT2D eigenvalue weighted by Gasteiger charge is -2.35. The molecule has 1 aliphatic heterocycles. The van der Waals surface area contributed by atoms with Gasteiger partial charge in [-0.2, -0.15) is 0 Å². The topological polar surface area (TPSA) is 92.5 Å². The van der Waals surface area contributed by atoms with Crippen LogP contribution < -0.4 is 4.90 Å². The maximum atomic E-state index is 13.3. The van der Waals surface area contributed by atoms with Gasteiger partial charge in [0.1, 0.15) is 16.3 Å². The summed E-state index contributed by atoms with van der Waals surface area (Å²) >= 11 is 7.34. The van der Waals surface area contributed by atoms with Gasteiger partial charge < -0.3 is 9.80 Å². The average molecular weight is 460 g/mol. The van der Waals surface area contributed by atoms with E-state index in [1.807, 2.05) is 25.7 Å². The number of amides is 1. The van der Waals surface area contributed by atoms with Crippen molar-refractivity contribution in [3.8, 4) is 0 Å². The Morgan fingerprint density at radius 3 is 2.58 bits per heavy atom. The number of benzene rings is 1. The number of halogens is 1. The van der Waals surface area contributed by atoms with Crippen molar-refractivity contribution in [1.82, 2.24) is 14.9 Å². The Balaban J connectivity index is 1.55. The van der Waals surface area contributed by atoms with E-state index in [1.165, 1.54) is 17.4 Å². The van der Waals surface area contributed by atoms with Crippen LogP contribution in [0, 0.1) is 24.0 Å². The molecule has 0 spiro atoms. The number of hydrogen-bond donors (Lipinski definition) is 0. The van der Waals surface area contributed by atoms with Gasteiger partial charge in [-0.3, -0.25) is 14.9 Å². The van der Waals surface area contributed by atoms with Gasteiger partial charge in [-0.15, -0.1) is 11.3 Å². The van der Waals surface area contributed by atoms with Gasteiger partial charge in [0, 0.05) is 54.8 Å². The third-order valence-corrected chi connectivity index (χ3v) is 6.98. The van der Waals surface area contributed by atoms with Crippen molar-refractivity contribution in [1.29, 1.82) is 0 Å². The van der Waals surface area contributed by atoms with Crippen molar-refractivity contribution in [3.63, 3.8) is 0 Å². The number of anilines is 1. The number of thiophene rings is 1. The zero-order valence-electron chi connectivity index (χ0n) is 17.5. The highest BCUT2D eigenvalue weighted by molar-refractivity contribution is 7.20. The van der Waals surface area contributed by atoms with Crippen LogP contribution in [0.1, 0.15) is 33.7 Å². The fourth-order valence-electron chi connectivity index (χ4n) is 3.96. The van der Waals surface area contributed by atoms with E-state index in [0.717, 1.165) is 33.7 Å². The van der Waals surface area contributed by atoms with E-state index in [4.69, 9.17) is 11.6 Å². The number of rotatable bonds is 4. The number of carbonyl (C=O) groups excluding carboxylic acids is 1. The van der Waals surface area contributed by atoms with E-state index < -0.39 is 4.92 Å². The standard InChI is InChI=1S/C21H22ClN5O3S/c1-4-17-23-13(3)18-12(2)19(31-20(18)24-17)21(28)26-9-7-25(8-10-26)15-6-5-14(22)11-16(15)27(29)30/h5-6,11H,4,7-10H2,1-3H3. The predicted molar refractivity (Wildman–Crippen MR) is 122 cm³/mol. The first kappa shape index (κ1) is 21.5. The van der Waals surface area contributed by atoms with E-state index in [9.17, 15) is 14.9 Å². The third-order valence-electron chi connectivity index (χ3n) is 5.57. The summed E-state index contributed by atoms with van der Waals surface area (Å²) < 4.78 is 0. The Morgan fingerprint density at radius 2 is 1.94 bits per heavy atom. The quantitative estimate of drug-likeness (QED) is 0.424. The number of aryl methyl sites for hydroxylation is 3. The Morgan fingerprint density at radius 1 is 1.23 bits per heavy atom. The molecule has 0 aliphatic carbocycles. The molecule has 4 rings (SSSR count). The van der Waals surface area contributed by atoms with E-state index in [0.29, 0.717) is 41.8 Å². The molecule has 8 nitrogen and oxygen atoms in total. The second-order valence-electron chi connectivity index (χ2n) is 7.48. The normalized spacial score (nSPS) is 14.3. The summed E-state index contributed by atoms with van der Waals surface area (Å²) in [6.07, 6.45) is 0.746. The van der Waals surface area contributed by atoms with Gasteiger partial charge in [-0.05, 0) is 31.5 Å². The molecule has 0 atom stereocenters. The molecule has 0 radical (unpaired) electrons. The Kier molecular flexibility index (Phi) is 5.81. The molecular formula is C21H22ClN5O3S. The minimum Gasteiger partial charge on any atom is -0.362 e. The Bertz CT molecular complexity index is 1190. The van der Waals surface area contributed by atoms with Crippen LogP contribution in [0.5, 0.6) is 0 Å². The van der Waals surface area contributed by atoms with Crippen molar-refractivity contribution in [2.75, 3.05) is 31.1 Å². The van der Waals surface area contributed by atoms with Gasteiger partial charge in [0.2, 0.25) is 0 Å². The zero-order valence-corrected chi connectivity index (χ0v) is 19.1. The average Bonchev–Trinajstić information content (AvgIpc) is 3.10. The van der Waals surface area contributed by atoms with Crippen LogP contribution in [0.3, 0.4) is 0 Å². The number of nitrogens with zero attached hydrogens (tertiary/aromatic N) is 5. The number of fused-ring (bicyclic) bond motifs is 1. The minimum atomic E-state index is -0.423. The van der Waals surface area contributed by atoms with Crippen molar-refractivity contribution in [2.24, 2.45) is 0 Å². The van der Waals surface area contributed by atoms with Gasteiger partial charge in [0.25, 0.3) is 11.6 Å². The number of aromatic nitrogens is 2. The molecule has 1 aliphatic rings. The minimum absolute atomic E-state index is 0.0200. The number of piperazine rings is 1. The summed E-state index contributed by atoms with van der Waals surface area (Å²) in [5.74, 6) is 0.756. The lowest BCUT2D eigenvalue weighted by molar-refractivity contribution is -0.384. The lowest BCUT2D eigenvalue weighted by Crippen LogP contribution is -2.48. The van der Waals surface area contributed by atoms with E-state index in [1.54, 1.807) is 17.0 Å². The van der Waals surface area contributed by atoms with Crippen molar-refractivity contribution < 1.29 is 9.72 Å². The fourth-order valence-corrected chi connectivity index (χ4v) is 5.35. The molecule has 1 fully saturated rings. The molecule has 0 bridgehead atoms. The smallest absolute Gasteiger partial charge is 0.294 e. The van der Waals surface area contributed by atoms with Crippen LogP contribution in [0.4, 0.5) is 11.4 Å². The summed E-state index contributed by atoms with van der Waals surface area (Å²) in [4.78, 5) is 38.7. The van der Waals surface area contributed by atoms with Crippen LogP contribution in [0.15, 0.2) is 18.2 Å². The van der Waals surface area contributed by atoms with E-state index in [-0.39, 0.29) is 11.6 Å². The van der Waals surface area contributed by atoms with Crippen molar-refractivity contribution >= 4 is 50.4 Å². The first-order valence-electron chi connectivity index (χ1n) is 10.0. The van der Waals surface area contributed by atoms with Crippen LogP contribution in [0.2, 0.25) is 5.02 Å². The first-order valence-corrected chi connectivity index (χ1v) is 11.2. The number of nitro groups is 1. The second kappa shape index (κ2) is 8.39. The SMILES string of the molecule is CCc1nc(C)c2c(C)c(C(=O)N3CCN(c4ccc(Cl)cc4[N+](=O)[O-])CC3)sc2n1. The van der Waals surface area contributed by atoms with E-state index in [2.05, 4.69) is 9.97 Å². The predicted octanol–water partition coefficient (Wildman–Crippen LogP) is 4.39. The first-order chi connectivity index (χ1) is 14.8. The number of carbonyl (C=O) groups is 1. The molecule has 162 valence electrons. The molecule has 3 aromatic rings. The maximum absolute atomic E-state index is 13.3. The molecule has 10 heteroatoms. The summed E-state index contributed by atoms with van der Waals surface area (Å²) in [6.45, 7) is 7.90. The fraction of sp³-hybridized carbons (Fsp3) is 0.381. The van der Waals surface area contributed by atoms with Gasteiger partial charge in [0.15, 0.2) is 0 Å². The number of hydrogen-bond acceptors (Lipinski definition) is 7. The van der Waals surface area contributed by atoms with Crippen LogP contribution in [-0.2, 0) is 6.42 Å². The Hall–Kier alpha value is -2.78. The van der Waals surface area contributed by atoms with Gasteiger partial charge in [-0.1, -0.05) is 18.5 Å². The summed E-state index contributed by atoms with van der Waals surface area (Å²) in [7, 11) is 0. The van der Waals surface area contributed by atoms with Gasteiger partial charge in [0.05, 0.1) is 9.80 Å². The van der Waals surface area contributed by atoms with Gasteiger partial charge >= 0.3 is 0 Å². The third kappa shape index (κ3) is 3.95. The Labute approximate surface area is 188 Å². The molecule has 3 heterocycles. The molecular weight excluding hydrogens is 438 g/mol. The van der Waals surface area contributed by atoms with Crippen LogP contribution in [0.25, 0.3) is 10.2 Å². The van der Waals surface area contributed by atoms with Gasteiger partial charge in [-0.25, -0.2) is 9.97 Å². The maximum Gasteiger partial charge on any atom is 0.294 e. The molecule has 0 saturated carbocycles. The van der Waals surface area contributed by atoms with Crippen molar-refractivity contribution in [2.45, 2.75) is 27.2 Å². The molecule has 1 amide bonds. The van der Waals surface area contributed by atoms with E-state index >= 15 is 0 Å². The summed E-state index contributed by atoms with van der Waals surface area (Å²) in [5, 5.41) is 12.7.